The first-order valence-electron chi connectivity index (χ1n) is 9.54. The van der Waals surface area contributed by atoms with Crippen molar-refractivity contribution in [1.82, 2.24) is 0 Å². The maximum Gasteiger partial charge on any atom is 0.150 e. The van der Waals surface area contributed by atoms with E-state index in [4.69, 9.17) is 0 Å². The number of rotatable bonds is 4. The van der Waals surface area contributed by atoms with Gasteiger partial charge in [-0.3, -0.25) is 4.79 Å². The van der Waals surface area contributed by atoms with Gasteiger partial charge in [0.15, 0.2) is 0 Å². The number of hydrogen-bond donors (Lipinski definition) is 2. The summed E-state index contributed by atoms with van der Waals surface area (Å²) in [6.45, 7) is 7.53. The summed E-state index contributed by atoms with van der Waals surface area (Å²) in [7, 11) is 0. The average Bonchev–Trinajstić information content (AvgIpc) is 2.53. The highest BCUT2D eigenvalue weighted by Gasteiger charge is 2.36. The van der Waals surface area contributed by atoms with Gasteiger partial charge >= 0.3 is 0 Å². The van der Waals surface area contributed by atoms with Crippen LogP contribution in [-0.4, -0.2) is 45.1 Å². The minimum atomic E-state index is 0.390. The normalized spacial score (nSPS) is 33.2. The maximum atomic E-state index is 12.8. The number of piperidine rings is 2. The Hall–Kier alpha value is -0.410. The quantitative estimate of drug-likeness (QED) is 0.756. The van der Waals surface area contributed by atoms with E-state index < -0.39 is 0 Å². The van der Waals surface area contributed by atoms with Crippen LogP contribution in [0.15, 0.2) is 0 Å². The SMILES string of the molecule is O=C1C(C[NH+]2CCCCC2)CCCC1C[NH+]1CCCCC1. The number of Topliss-reactive ketones (excluding diaryl/α,β-unsaturated/α-hetero) is 1. The number of quaternary nitrogens is 2. The van der Waals surface area contributed by atoms with Crippen LogP contribution in [0.4, 0.5) is 0 Å². The third kappa shape index (κ3) is 4.29. The molecule has 0 amide bonds. The second-order valence-corrected chi connectivity index (χ2v) is 7.76. The third-order valence-corrected chi connectivity index (χ3v) is 6.10. The molecule has 0 spiro atoms. The summed E-state index contributed by atoms with van der Waals surface area (Å²) in [6.07, 6.45) is 11.9. The highest BCUT2D eigenvalue weighted by molar-refractivity contribution is 5.84. The Morgan fingerprint density at radius 3 is 1.52 bits per heavy atom. The Balaban J connectivity index is 1.50. The van der Waals surface area contributed by atoms with Gasteiger partial charge in [0.1, 0.15) is 5.78 Å². The molecule has 2 saturated heterocycles. The molecule has 0 aromatic carbocycles. The lowest BCUT2D eigenvalue weighted by Gasteiger charge is -2.33. The molecule has 2 heterocycles. The lowest BCUT2D eigenvalue weighted by atomic mass is 9.79. The Morgan fingerprint density at radius 2 is 1.10 bits per heavy atom. The molecule has 2 atom stereocenters. The summed E-state index contributed by atoms with van der Waals surface area (Å²) in [5.74, 6) is 1.42. The lowest BCUT2D eigenvalue weighted by molar-refractivity contribution is -0.909. The van der Waals surface area contributed by atoms with E-state index in [1.165, 1.54) is 84.0 Å². The number of carbonyl (C=O) groups excluding carboxylic acids is 1. The molecule has 3 nitrogen and oxygen atoms in total. The molecule has 120 valence electrons. The molecule has 21 heavy (non-hydrogen) atoms. The van der Waals surface area contributed by atoms with E-state index in [1.54, 1.807) is 9.80 Å². The van der Waals surface area contributed by atoms with Gasteiger partial charge in [-0.05, 0) is 51.4 Å². The fraction of sp³-hybridized carbons (Fsp3) is 0.944. The van der Waals surface area contributed by atoms with Crippen LogP contribution in [-0.2, 0) is 4.79 Å². The highest BCUT2D eigenvalue weighted by atomic mass is 16.1. The molecule has 3 heteroatoms. The number of hydrogen-bond acceptors (Lipinski definition) is 1. The molecule has 3 aliphatic rings. The van der Waals surface area contributed by atoms with Crippen LogP contribution in [0, 0.1) is 11.8 Å². The zero-order valence-electron chi connectivity index (χ0n) is 13.7. The molecule has 0 aromatic heterocycles. The molecule has 2 N–H and O–H groups in total. The minimum absolute atomic E-state index is 0.390. The van der Waals surface area contributed by atoms with Gasteiger partial charge in [0.2, 0.25) is 0 Å². The molecule has 1 aliphatic carbocycles. The number of likely N-dealkylation sites (tertiary alicyclic amines) is 2. The minimum Gasteiger partial charge on any atom is -0.334 e. The van der Waals surface area contributed by atoms with Crippen molar-refractivity contribution in [3.8, 4) is 0 Å². The molecular weight excluding hydrogens is 260 g/mol. The summed E-state index contributed by atoms with van der Waals surface area (Å²) in [5, 5.41) is 0. The largest absolute Gasteiger partial charge is 0.334 e. The van der Waals surface area contributed by atoms with Crippen LogP contribution in [0.2, 0.25) is 0 Å². The number of nitrogens with one attached hydrogen (secondary N) is 2. The van der Waals surface area contributed by atoms with Gasteiger partial charge < -0.3 is 9.80 Å². The molecule has 2 unspecified atom stereocenters. The van der Waals surface area contributed by atoms with Crippen LogP contribution < -0.4 is 9.80 Å². The fourth-order valence-corrected chi connectivity index (χ4v) is 4.84. The molecule has 0 aromatic rings. The van der Waals surface area contributed by atoms with Crippen LogP contribution in [0.3, 0.4) is 0 Å². The predicted molar refractivity (Wildman–Crippen MR) is 84.7 cm³/mol. The Morgan fingerprint density at radius 1 is 0.667 bits per heavy atom. The summed E-state index contributed by atoms with van der Waals surface area (Å²) < 4.78 is 0. The molecule has 2 aliphatic heterocycles. The zero-order valence-corrected chi connectivity index (χ0v) is 13.7. The van der Waals surface area contributed by atoms with Gasteiger partial charge in [-0.15, -0.1) is 0 Å². The smallest absolute Gasteiger partial charge is 0.150 e. The van der Waals surface area contributed by atoms with Crippen LogP contribution >= 0.6 is 0 Å². The number of ketones is 1. The Labute approximate surface area is 130 Å². The first-order valence-corrected chi connectivity index (χ1v) is 9.54. The first-order chi connectivity index (χ1) is 10.3. The van der Waals surface area contributed by atoms with Crippen molar-refractivity contribution in [2.24, 2.45) is 11.8 Å². The van der Waals surface area contributed by atoms with Crippen molar-refractivity contribution in [3.63, 3.8) is 0 Å². The topological polar surface area (TPSA) is 26.0 Å². The van der Waals surface area contributed by atoms with Gasteiger partial charge in [0.25, 0.3) is 0 Å². The monoisotopic (exact) mass is 294 g/mol. The van der Waals surface area contributed by atoms with Gasteiger partial charge in [-0.2, -0.15) is 0 Å². The van der Waals surface area contributed by atoms with Gasteiger partial charge in [-0.1, -0.05) is 6.42 Å². The van der Waals surface area contributed by atoms with Crippen molar-refractivity contribution in [2.75, 3.05) is 39.3 Å². The van der Waals surface area contributed by atoms with Gasteiger partial charge in [0.05, 0.1) is 51.1 Å². The van der Waals surface area contributed by atoms with Gasteiger partial charge in [-0.25, -0.2) is 0 Å². The first kappa shape index (κ1) is 15.5. The fourth-order valence-electron chi connectivity index (χ4n) is 4.84. The standard InChI is InChI=1S/C18H32N2O/c21-18-16(14-19-10-3-1-4-11-19)8-7-9-17(18)15-20-12-5-2-6-13-20/h16-17H,1-15H2/p+2. The van der Waals surface area contributed by atoms with E-state index in [-0.39, 0.29) is 0 Å². The second kappa shape index (κ2) is 7.73. The predicted octanol–water partition coefficient (Wildman–Crippen LogP) is 0.109. The number of carbonyl (C=O) groups is 1. The Kier molecular flexibility index (Phi) is 5.70. The van der Waals surface area contributed by atoms with Crippen molar-refractivity contribution in [3.05, 3.63) is 0 Å². The molecular formula is C18H34N2O+2. The third-order valence-electron chi connectivity index (χ3n) is 6.10. The maximum absolute atomic E-state index is 12.8. The molecule has 3 rings (SSSR count). The van der Waals surface area contributed by atoms with Crippen molar-refractivity contribution in [1.29, 1.82) is 0 Å². The molecule has 0 radical (unpaired) electrons. The van der Waals surface area contributed by atoms with E-state index in [9.17, 15) is 4.79 Å². The van der Waals surface area contributed by atoms with E-state index in [0.29, 0.717) is 17.6 Å². The van der Waals surface area contributed by atoms with Crippen LogP contribution in [0.25, 0.3) is 0 Å². The Bertz CT molecular complexity index is 302. The van der Waals surface area contributed by atoms with Crippen molar-refractivity contribution < 1.29 is 14.6 Å². The summed E-state index contributed by atoms with van der Waals surface area (Å²) in [5.41, 5.74) is 0. The van der Waals surface area contributed by atoms with Gasteiger partial charge in [0, 0.05) is 0 Å². The van der Waals surface area contributed by atoms with Crippen molar-refractivity contribution >= 4 is 5.78 Å². The highest BCUT2D eigenvalue weighted by Crippen LogP contribution is 2.24. The summed E-state index contributed by atoms with van der Waals surface area (Å²) >= 11 is 0. The second-order valence-electron chi connectivity index (χ2n) is 7.76. The van der Waals surface area contributed by atoms with Crippen LogP contribution in [0.1, 0.15) is 57.8 Å². The average molecular weight is 294 g/mol. The van der Waals surface area contributed by atoms with E-state index in [2.05, 4.69) is 0 Å². The van der Waals surface area contributed by atoms with E-state index in [0.717, 1.165) is 13.1 Å². The zero-order chi connectivity index (χ0) is 14.5. The molecule has 1 saturated carbocycles. The van der Waals surface area contributed by atoms with Crippen molar-refractivity contribution in [2.45, 2.75) is 57.8 Å². The molecule has 3 fully saturated rings. The van der Waals surface area contributed by atoms with E-state index >= 15 is 0 Å². The summed E-state index contributed by atoms with van der Waals surface area (Å²) in [4.78, 5) is 16.3. The van der Waals surface area contributed by atoms with E-state index in [1.807, 2.05) is 0 Å². The van der Waals surface area contributed by atoms with Crippen LogP contribution in [0.5, 0.6) is 0 Å². The summed E-state index contributed by atoms with van der Waals surface area (Å²) in [6, 6.07) is 0. The lowest BCUT2D eigenvalue weighted by Crippen LogP contribution is -3.14. The molecule has 0 bridgehead atoms.